The van der Waals surface area contributed by atoms with Crippen molar-refractivity contribution in [2.24, 2.45) is 0 Å². The first kappa shape index (κ1) is 28.5. The van der Waals surface area contributed by atoms with Crippen LogP contribution >= 0.6 is 11.3 Å². The first-order valence-corrected chi connectivity index (χ1v) is 13.3. The van der Waals surface area contributed by atoms with Gasteiger partial charge in [-0.25, -0.2) is 22.9 Å². The van der Waals surface area contributed by atoms with Gasteiger partial charge in [0, 0.05) is 37.3 Å². The summed E-state index contributed by atoms with van der Waals surface area (Å²) >= 11 is 1.17. The predicted octanol–water partition coefficient (Wildman–Crippen LogP) is 4.83. The molecule has 2 atom stereocenters. The molecule has 4 rings (SSSR count). The monoisotopic (exact) mass is 563 g/mol. The van der Waals surface area contributed by atoms with Crippen molar-refractivity contribution in [1.29, 1.82) is 0 Å². The number of nitrogens with one attached hydrogen (secondary N) is 1. The van der Waals surface area contributed by atoms with Gasteiger partial charge in [0.2, 0.25) is 0 Å². The molecule has 0 radical (unpaired) electrons. The SMILES string of the molecule is Cc1ccc2c(N)c(C(=O)NCCc3cc(F)c(N4C[C@@H](F)[C@H](N(C)C(=O)OC(C)(C)C)C4)cc3F)sc2n1. The van der Waals surface area contributed by atoms with Gasteiger partial charge in [-0.05, 0) is 57.9 Å². The minimum atomic E-state index is -1.47. The number of alkyl halides is 1. The molecule has 0 bridgehead atoms. The third-order valence-corrected chi connectivity index (χ3v) is 7.59. The zero-order valence-corrected chi connectivity index (χ0v) is 23.3. The fraction of sp³-hybridized carbons (Fsp3) is 0.444. The van der Waals surface area contributed by atoms with Gasteiger partial charge in [0.15, 0.2) is 0 Å². The second-order valence-electron chi connectivity index (χ2n) is 10.6. The number of benzene rings is 1. The topological polar surface area (TPSA) is 101 Å². The van der Waals surface area contributed by atoms with Gasteiger partial charge in [-0.15, -0.1) is 11.3 Å². The summed E-state index contributed by atoms with van der Waals surface area (Å²) in [6.45, 7) is 6.78. The van der Waals surface area contributed by atoms with Crippen molar-refractivity contribution in [1.82, 2.24) is 15.2 Å². The largest absolute Gasteiger partial charge is 0.444 e. The van der Waals surface area contributed by atoms with Crippen LogP contribution in [0.2, 0.25) is 0 Å². The molecule has 3 aromatic rings. The van der Waals surface area contributed by atoms with Crippen LogP contribution in [0.25, 0.3) is 10.2 Å². The molecule has 12 heteroatoms. The smallest absolute Gasteiger partial charge is 0.410 e. The molecule has 210 valence electrons. The van der Waals surface area contributed by atoms with E-state index in [1.165, 1.54) is 23.3 Å². The standard InChI is InChI=1S/C27H32F3N5O3S/c1-14-6-7-16-22(31)23(39-25(16)33-14)24(36)32-9-8-15-10-18(29)20(11-17(15)28)35-12-19(30)21(13-35)34(5)26(37)38-27(2,3)4/h6-7,10-11,19,21H,8-9,12-13,31H2,1-5H3,(H,32,36)/t19-,21-/m1/s1. The van der Waals surface area contributed by atoms with Crippen molar-refractivity contribution >= 4 is 44.9 Å². The Morgan fingerprint density at radius 1 is 1.23 bits per heavy atom. The number of anilines is 2. The fourth-order valence-electron chi connectivity index (χ4n) is 4.44. The van der Waals surface area contributed by atoms with Crippen LogP contribution in [0.5, 0.6) is 0 Å². The van der Waals surface area contributed by atoms with Crippen molar-refractivity contribution in [2.75, 3.05) is 37.3 Å². The number of nitrogens with zero attached hydrogens (tertiary/aromatic N) is 3. The molecule has 1 aliphatic heterocycles. The average Bonchev–Trinajstić information content (AvgIpc) is 3.38. The summed E-state index contributed by atoms with van der Waals surface area (Å²) in [4.78, 5) is 32.9. The summed E-state index contributed by atoms with van der Waals surface area (Å²) in [5.41, 5.74) is 6.47. The maximum absolute atomic E-state index is 15.0. The number of rotatable bonds is 6. The lowest BCUT2D eigenvalue weighted by molar-refractivity contribution is 0.0183. The number of aryl methyl sites for hydroxylation is 1. The zero-order valence-electron chi connectivity index (χ0n) is 22.5. The second-order valence-corrected chi connectivity index (χ2v) is 11.6. The quantitative estimate of drug-likeness (QED) is 0.446. The molecule has 1 fully saturated rings. The number of carbonyl (C=O) groups is 2. The average molecular weight is 564 g/mol. The van der Waals surface area contributed by atoms with Crippen LogP contribution in [0, 0.1) is 18.6 Å². The number of fused-ring (bicyclic) bond motifs is 1. The zero-order chi connectivity index (χ0) is 28.6. The first-order valence-electron chi connectivity index (χ1n) is 12.5. The molecule has 8 nitrogen and oxygen atoms in total. The van der Waals surface area contributed by atoms with E-state index in [0.29, 0.717) is 20.8 Å². The van der Waals surface area contributed by atoms with Crippen molar-refractivity contribution in [3.05, 3.63) is 52.0 Å². The van der Waals surface area contributed by atoms with Crippen LogP contribution in [-0.4, -0.2) is 66.4 Å². The lowest BCUT2D eigenvalue weighted by Crippen LogP contribution is -2.45. The Bertz CT molecular complexity index is 1410. The van der Waals surface area contributed by atoms with Crippen LogP contribution in [0.4, 0.5) is 29.3 Å². The molecule has 1 aromatic carbocycles. The summed E-state index contributed by atoms with van der Waals surface area (Å²) in [5.74, 6) is -1.82. The van der Waals surface area contributed by atoms with Crippen LogP contribution in [0.1, 0.15) is 41.7 Å². The first-order chi connectivity index (χ1) is 18.2. The Labute approximate surface area is 228 Å². The highest BCUT2D eigenvalue weighted by molar-refractivity contribution is 7.21. The van der Waals surface area contributed by atoms with Crippen LogP contribution < -0.4 is 16.0 Å². The van der Waals surface area contributed by atoms with Crippen molar-refractivity contribution in [3.8, 4) is 0 Å². The molecule has 0 saturated carbocycles. The molecule has 0 spiro atoms. The summed E-state index contributed by atoms with van der Waals surface area (Å²) in [6.07, 6.45) is -2.13. The molecular weight excluding hydrogens is 531 g/mol. The van der Waals surface area contributed by atoms with E-state index in [-0.39, 0.29) is 37.3 Å². The fourth-order valence-corrected chi connectivity index (χ4v) is 5.49. The number of pyridine rings is 1. The molecule has 1 saturated heterocycles. The van der Waals surface area contributed by atoms with E-state index in [4.69, 9.17) is 10.5 Å². The molecule has 2 aromatic heterocycles. The van der Waals surface area contributed by atoms with E-state index >= 15 is 4.39 Å². The van der Waals surface area contributed by atoms with Crippen LogP contribution in [-0.2, 0) is 11.2 Å². The Balaban J connectivity index is 1.39. The lowest BCUT2D eigenvalue weighted by Gasteiger charge is -2.29. The van der Waals surface area contributed by atoms with E-state index in [2.05, 4.69) is 10.3 Å². The van der Waals surface area contributed by atoms with Gasteiger partial charge in [0.05, 0.1) is 24.0 Å². The van der Waals surface area contributed by atoms with E-state index < -0.39 is 41.4 Å². The summed E-state index contributed by atoms with van der Waals surface area (Å²) < 4.78 is 50.1. The van der Waals surface area contributed by atoms with Gasteiger partial charge >= 0.3 is 6.09 Å². The number of nitrogen functional groups attached to an aromatic ring is 1. The van der Waals surface area contributed by atoms with E-state index in [0.717, 1.165) is 22.7 Å². The number of likely N-dealkylation sites (N-methyl/N-ethyl adjacent to an activating group) is 1. The van der Waals surface area contributed by atoms with Crippen LogP contribution in [0.3, 0.4) is 0 Å². The van der Waals surface area contributed by atoms with Crippen molar-refractivity contribution < 1.29 is 27.5 Å². The number of hydrogen-bond acceptors (Lipinski definition) is 7. The van der Waals surface area contributed by atoms with Crippen molar-refractivity contribution in [2.45, 2.75) is 51.9 Å². The molecule has 2 amide bonds. The van der Waals surface area contributed by atoms with Gasteiger partial charge in [0.25, 0.3) is 5.91 Å². The highest BCUT2D eigenvalue weighted by Crippen LogP contribution is 2.33. The molecule has 3 N–H and O–H groups in total. The number of amides is 2. The lowest BCUT2D eigenvalue weighted by atomic mass is 10.1. The molecule has 0 unspecified atom stereocenters. The Morgan fingerprint density at radius 2 is 1.95 bits per heavy atom. The van der Waals surface area contributed by atoms with E-state index in [1.807, 2.05) is 19.1 Å². The third-order valence-electron chi connectivity index (χ3n) is 6.47. The molecule has 1 aliphatic rings. The number of thiophene rings is 1. The minimum Gasteiger partial charge on any atom is -0.444 e. The Kier molecular flexibility index (Phi) is 7.97. The molecule has 0 aliphatic carbocycles. The van der Waals surface area contributed by atoms with E-state index in [1.54, 1.807) is 20.8 Å². The number of ether oxygens (including phenoxy) is 1. The van der Waals surface area contributed by atoms with Gasteiger partial charge in [0.1, 0.15) is 33.1 Å². The van der Waals surface area contributed by atoms with Gasteiger partial charge in [-0.1, -0.05) is 0 Å². The van der Waals surface area contributed by atoms with Crippen molar-refractivity contribution in [3.63, 3.8) is 0 Å². The maximum Gasteiger partial charge on any atom is 0.410 e. The van der Waals surface area contributed by atoms with Gasteiger partial charge in [-0.3, -0.25) is 4.79 Å². The normalized spacial score (nSPS) is 17.5. The Hall–Kier alpha value is -3.54. The minimum absolute atomic E-state index is 0.0202. The van der Waals surface area contributed by atoms with Gasteiger partial charge < -0.3 is 25.6 Å². The van der Waals surface area contributed by atoms with Crippen LogP contribution in [0.15, 0.2) is 24.3 Å². The van der Waals surface area contributed by atoms with Gasteiger partial charge in [-0.2, -0.15) is 0 Å². The highest BCUT2D eigenvalue weighted by atomic mass is 32.1. The summed E-state index contributed by atoms with van der Waals surface area (Å²) in [7, 11) is 1.42. The molecule has 39 heavy (non-hydrogen) atoms. The highest BCUT2D eigenvalue weighted by Gasteiger charge is 2.40. The second kappa shape index (κ2) is 10.9. The van der Waals surface area contributed by atoms with E-state index in [9.17, 15) is 18.4 Å². The Morgan fingerprint density at radius 3 is 2.64 bits per heavy atom. The molecular formula is C27H32F3N5O3S. The number of halogens is 3. The summed E-state index contributed by atoms with van der Waals surface area (Å²) in [6, 6.07) is 4.81. The number of carbonyl (C=O) groups excluding carboxylic acids is 2. The number of aromatic nitrogens is 1. The number of hydrogen-bond donors (Lipinski definition) is 2. The number of nitrogens with two attached hydrogens (primary N) is 1. The predicted molar refractivity (Wildman–Crippen MR) is 146 cm³/mol. The third kappa shape index (κ3) is 6.21. The summed E-state index contributed by atoms with van der Waals surface area (Å²) in [5, 5.41) is 3.39. The molecule has 3 heterocycles. The maximum atomic E-state index is 15.0.